The average Bonchev–Trinajstić information content (AvgIpc) is 3.22. The van der Waals surface area contributed by atoms with Gasteiger partial charge >= 0.3 is 0 Å². The molecule has 9 heteroatoms. The van der Waals surface area contributed by atoms with Crippen molar-refractivity contribution in [3.8, 4) is 6.07 Å². The number of benzene rings is 1. The molecule has 0 aliphatic carbocycles. The number of hydrogen-bond donors (Lipinski definition) is 1. The number of piperidine rings is 1. The van der Waals surface area contributed by atoms with Gasteiger partial charge in [-0.05, 0) is 49.3 Å². The molecular weight excluding hydrogens is 410 g/mol. The maximum absolute atomic E-state index is 12.4. The highest BCUT2D eigenvalue weighted by molar-refractivity contribution is 7.99. The Morgan fingerprint density at radius 1 is 1.19 bits per heavy atom. The van der Waals surface area contributed by atoms with Gasteiger partial charge in [-0.1, -0.05) is 18.7 Å². The molecule has 8 nitrogen and oxygen atoms in total. The lowest BCUT2D eigenvalue weighted by Gasteiger charge is -2.28. The van der Waals surface area contributed by atoms with Crippen molar-refractivity contribution < 1.29 is 4.79 Å². The molecule has 2 aromatic heterocycles. The van der Waals surface area contributed by atoms with Crippen LogP contribution < -0.4 is 10.2 Å². The number of thioether (sulfide) groups is 1. The van der Waals surface area contributed by atoms with Gasteiger partial charge < -0.3 is 10.2 Å². The van der Waals surface area contributed by atoms with Crippen LogP contribution in [-0.4, -0.2) is 51.0 Å². The standard InChI is InChI=1S/C22H25N7OS/c1-2-31-22-26-19(28-11-4-3-5-12-28)18-15-25-29(20(18)27-22)13-10-24-21(30)17-8-6-16(14-23)7-9-17/h6-9,15H,2-5,10-13H2,1H3,(H,24,30). The van der Waals surface area contributed by atoms with Gasteiger partial charge in [0.15, 0.2) is 10.8 Å². The Hall–Kier alpha value is -3.12. The fraction of sp³-hybridized carbons (Fsp3) is 0.409. The number of rotatable bonds is 7. The topological polar surface area (TPSA) is 99.7 Å². The summed E-state index contributed by atoms with van der Waals surface area (Å²) in [5.74, 6) is 1.69. The number of nitrogens with one attached hydrogen (secondary N) is 1. The highest BCUT2D eigenvalue weighted by Crippen LogP contribution is 2.29. The van der Waals surface area contributed by atoms with E-state index in [2.05, 4.69) is 28.3 Å². The van der Waals surface area contributed by atoms with Crippen LogP contribution in [0.15, 0.2) is 35.6 Å². The molecule has 4 rings (SSSR count). The Labute approximate surface area is 185 Å². The number of nitriles is 1. The van der Waals surface area contributed by atoms with E-state index in [1.165, 1.54) is 19.3 Å². The van der Waals surface area contributed by atoms with Crippen LogP contribution in [0.3, 0.4) is 0 Å². The highest BCUT2D eigenvalue weighted by atomic mass is 32.2. The molecule has 0 spiro atoms. The lowest BCUT2D eigenvalue weighted by atomic mass is 10.1. The van der Waals surface area contributed by atoms with Gasteiger partial charge in [-0.15, -0.1) is 0 Å². The zero-order valence-electron chi connectivity index (χ0n) is 17.5. The second kappa shape index (κ2) is 9.79. The predicted octanol–water partition coefficient (Wildman–Crippen LogP) is 3.23. The molecule has 1 saturated heterocycles. The van der Waals surface area contributed by atoms with E-state index in [-0.39, 0.29) is 5.91 Å². The quantitative estimate of drug-likeness (QED) is 0.449. The third-order valence-corrected chi connectivity index (χ3v) is 6.00. The van der Waals surface area contributed by atoms with Gasteiger partial charge in [-0.2, -0.15) is 10.4 Å². The molecule has 31 heavy (non-hydrogen) atoms. The Bertz CT molecular complexity index is 1100. The minimum atomic E-state index is -0.174. The molecule has 0 bridgehead atoms. The Morgan fingerprint density at radius 2 is 1.97 bits per heavy atom. The van der Waals surface area contributed by atoms with Crippen molar-refractivity contribution >= 4 is 34.5 Å². The average molecular weight is 436 g/mol. The number of anilines is 1. The highest BCUT2D eigenvalue weighted by Gasteiger charge is 2.20. The molecule has 1 N–H and O–H groups in total. The van der Waals surface area contributed by atoms with Gasteiger partial charge in [-0.3, -0.25) is 4.79 Å². The molecular formula is C22H25N7OS. The summed E-state index contributed by atoms with van der Waals surface area (Å²) in [7, 11) is 0. The first kappa shape index (κ1) is 21.1. The minimum Gasteiger partial charge on any atom is -0.356 e. The Balaban J connectivity index is 1.50. The van der Waals surface area contributed by atoms with Crippen molar-refractivity contribution in [1.29, 1.82) is 5.26 Å². The molecule has 1 aromatic carbocycles. The van der Waals surface area contributed by atoms with Crippen LogP contribution >= 0.6 is 11.8 Å². The van der Waals surface area contributed by atoms with Crippen molar-refractivity contribution in [3.05, 3.63) is 41.6 Å². The molecule has 0 atom stereocenters. The minimum absolute atomic E-state index is 0.174. The van der Waals surface area contributed by atoms with Crippen LogP contribution in [-0.2, 0) is 6.54 Å². The van der Waals surface area contributed by atoms with Crippen molar-refractivity contribution in [2.75, 3.05) is 30.3 Å². The van der Waals surface area contributed by atoms with Crippen LogP contribution in [0, 0.1) is 11.3 Å². The predicted molar refractivity (Wildman–Crippen MR) is 121 cm³/mol. The lowest BCUT2D eigenvalue weighted by Crippen LogP contribution is -2.30. The fourth-order valence-corrected chi connectivity index (χ4v) is 4.26. The third kappa shape index (κ3) is 4.80. The molecule has 1 amide bonds. The van der Waals surface area contributed by atoms with Crippen LogP contribution in [0.1, 0.15) is 42.1 Å². The summed E-state index contributed by atoms with van der Waals surface area (Å²) < 4.78 is 1.84. The molecule has 3 heterocycles. The third-order valence-electron chi connectivity index (χ3n) is 5.27. The summed E-state index contributed by atoms with van der Waals surface area (Å²) in [6.07, 6.45) is 5.45. The molecule has 1 fully saturated rings. The smallest absolute Gasteiger partial charge is 0.251 e. The maximum Gasteiger partial charge on any atom is 0.251 e. The van der Waals surface area contributed by atoms with E-state index in [1.807, 2.05) is 10.9 Å². The summed E-state index contributed by atoms with van der Waals surface area (Å²) in [6.45, 7) is 5.05. The summed E-state index contributed by atoms with van der Waals surface area (Å²) in [5.41, 5.74) is 1.87. The Kier molecular flexibility index (Phi) is 6.67. The monoisotopic (exact) mass is 435 g/mol. The van der Waals surface area contributed by atoms with Crippen LogP contribution in [0.2, 0.25) is 0 Å². The lowest BCUT2D eigenvalue weighted by molar-refractivity contribution is 0.0952. The van der Waals surface area contributed by atoms with Crippen molar-refractivity contribution in [2.24, 2.45) is 0 Å². The van der Waals surface area contributed by atoms with E-state index >= 15 is 0 Å². The van der Waals surface area contributed by atoms with E-state index in [0.717, 1.165) is 40.9 Å². The number of carbonyl (C=O) groups excluding carboxylic acids is 1. The number of aromatic nitrogens is 4. The van der Waals surface area contributed by atoms with Gasteiger partial charge in [-0.25, -0.2) is 14.6 Å². The molecule has 1 aliphatic rings. The second-order valence-electron chi connectivity index (χ2n) is 7.36. The summed E-state index contributed by atoms with van der Waals surface area (Å²) in [6, 6.07) is 8.65. The molecule has 3 aromatic rings. The van der Waals surface area contributed by atoms with E-state index < -0.39 is 0 Å². The zero-order valence-corrected chi connectivity index (χ0v) is 18.4. The van der Waals surface area contributed by atoms with Crippen molar-refractivity contribution in [1.82, 2.24) is 25.1 Å². The van der Waals surface area contributed by atoms with Crippen molar-refractivity contribution in [2.45, 2.75) is 37.9 Å². The first-order chi connectivity index (χ1) is 15.2. The van der Waals surface area contributed by atoms with Gasteiger partial charge in [0.2, 0.25) is 0 Å². The first-order valence-corrected chi connectivity index (χ1v) is 11.6. The summed E-state index contributed by atoms with van der Waals surface area (Å²) in [4.78, 5) is 24.3. The van der Waals surface area contributed by atoms with Gasteiger partial charge in [0.1, 0.15) is 5.82 Å². The van der Waals surface area contributed by atoms with E-state index in [1.54, 1.807) is 36.0 Å². The zero-order chi connectivity index (χ0) is 21.6. The van der Waals surface area contributed by atoms with Crippen molar-refractivity contribution in [3.63, 3.8) is 0 Å². The summed E-state index contributed by atoms with van der Waals surface area (Å²) >= 11 is 1.63. The second-order valence-corrected chi connectivity index (χ2v) is 8.59. The number of hydrogen-bond acceptors (Lipinski definition) is 7. The van der Waals surface area contributed by atoms with E-state index in [9.17, 15) is 4.79 Å². The fourth-order valence-electron chi connectivity index (χ4n) is 3.70. The number of nitrogens with zero attached hydrogens (tertiary/aromatic N) is 6. The molecule has 160 valence electrons. The SMILES string of the molecule is CCSc1nc(N2CCCCC2)c2cnn(CCNC(=O)c3ccc(C#N)cc3)c2n1. The van der Waals surface area contributed by atoms with E-state index in [4.69, 9.17) is 15.2 Å². The Morgan fingerprint density at radius 3 is 2.68 bits per heavy atom. The molecule has 0 radical (unpaired) electrons. The first-order valence-electron chi connectivity index (χ1n) is 10.6. The molecule has 1 aliphatic heterocycles. The van der Waals surface area contributed by atoms with Gasteiger partial charge in [0.25, 0.3) is 5.91 Å². The maximum atomic E-state index is 12.4. The normalized spacial score (nSPS) is 13.9. The molecule has 0 saturated carbocycles. The van der Waals surface area contributed by atoms with Crippen LogP contribution in [0.5, 0.6) is 0 Å². The van der Waals surface area contributed by atoms with Gasteiger partial charge in [0.05, 0.1) is 29.8 Å². The number of carbonyl (C=O) groups is 1. The number of amides is 1. The van der Waals surface area contributed by atoms with E-state index in [0.29, 0.717) is 24.2 Å². The van der Waals surface area contributed by atoms with Crippen LogP contribution in [0.25, 0.3) is 11.0 Å². The molecule has 0 unspecified atom stereocenters. The van der Waals surface area contributed by atoms with Crippen LogP contribution in [0.4, 0.5) is 5.82 Å². The summed E-state index contributed by atoms with van der Waals surface area (Å²) in [5, 5.41) is 18.1. The number of fused-ring (bicyclic) bond motifs is 1. The van der Waals surface area contributed by atoms with Gasteiger partial charge in [0, 0.05) is 25.2 Å². The largest absolute Gasteiger partial charge is 0.356 e.